The smallest absolute Gasteiger partial charge is 0.244 e. The Labute approximate surface area is 188 Å². The van der Waals surface area contributed by atoms with Crippen molar-refractivity contribution in [1.29, 1.82) is 0 Å². The highest BCUT2D eigenvalue weighted by Crippen LogP contribution is 2.27. The standard InChI is InChI=1S/C21H21Cl2N3O3S/c1-3-8-26(12-19(27)24-17-10-14(22)6-7-15(17)23)20(28)11-16-13(2)29-21(25-16)18-5-4-9-30-18/h4-7,9-10H,3,8,11-12H2,1-2H3,(H,24,27). The van der Waals surface area contributed by atoms with E-state index in [2.05, 4.69) is 10.3 Å². The van der Waals surface area contributed by atoms with Crippen molar-refractivity contribution in [2.75, 3.05) is 18.4 Å². The second-order valence-electron chi connectivity index (χ2n) is 6.66. The number of benzene rings is 1. The average molecular weight is 466 g/mol. The minimum absolute atomic E-state index is 0.0614. The zero-order valence-electron chi connectivity index (χ0n) is 16.6. The lowest BCUT2D eigenvalue weighted by molar-refractivity contribution is -0.134. The summed E-state index contributed by atoms with van der Waals surface area (Å²) in [5, 5.41) is 5.48. The van der Waals surface area contributed by atoms with Gasteiger partial charge in [0, 0.05) is 11.6 Å². The predicted octanol–water partition coefficient (Wildman–Crippen LogP) is 5.44. The molecule has 0 unspecified atom stereocenters. The number of anilines is 1. The molecule has 0 fully saturated rings. The first-order valence-corrected chi connectivity index (χ1v) is 11.0. The van der Waals surface area contributed by atoms with Gasteiger partial charge in [0.15, 0.2) is 0 Å². The largest absolute Gasteiger partial charge is 0.440 e. The van der Waals surface area contributed by atoms with E-state index in [0.29, 0.717) is 39.6 Å². The molecule has 30 heavy (non-hydrogen) atoms. The van der Waals surface area contributed by atoms with Crippen LogP contribution in [-0.4, -0.2) is 34.8 Å². The Hall–Kier alpha value is -2.35. The third-order valence-corrected chi connectivity index (χ3v) is 5.75. The number of amides is 2. The molecule has 1 aromatic carbocycles. The van der Waals surface area contributed by atoms with E-state index in [9.17, 15) is 9.59 Å². The molecule has 0 aliphatic rings. The lowest BCUT2D eigenvalue weighted by atomic mass is 10.2. The molecule has 3 aromatic rings. The number of carbonyl (C=O) groups is 2. The zero-order chi connectivity index (χ0) is 21.7. The lowest BCUT2D eigenvalue weighted by Gasteiger charge is -2.21. The van der Waals surface area contributed by atoms with E-state index < -0.39 is 0 Å². The molecule has 6 nitrogen and oxygen atoms in total. The van der Waals surface area contributed by atoms with Gasteiger partial charge < -0.3 is 14.6 Å². The van der Waals surface area contributed by atoms with Crippen molar-refractivity contribution in [3.63, 3.8) is 0 Å². The van der Waals surface area contributed by atoms with Gasteiger partial charge in [0.2, 0.25) is 17.7 Å². The second-order valence-corrected chi connectivity index (χ2v) is 8.45. The molecule has 2 heterocycles. The molecular formula is C21H21Cl2N3O3S. The Morgan fingerprint density at radius 2 is 2.07 bits per heavy atom. The molecule has 0 atom stereocenters. The predicted molar refractivity (Wildman–Crippen MR) is 120 cm³/mol. The van der Waals surface area contributed by atoms with E-state index in [4.69, 9.17) is 27.6 Å². The molecular weight excluding hydrogens is 445 g/mol. The summed E-state index contributed by atoms with van der Waals surface area (Å²) in [6.45, 7) is 4.08. The maximum absolute atomic E-state index is 12.9. The van der Waals surface area contributed by atoms with Gasteiger partial charge in [0.1, 0.15) is 5.76 Å². The molecule has 0 saturated carbocycles. The SMILES string of the molecule is CCCN(CC(=O)Nc1cc(Cl)ccc1Cl)C(=O)Cc1nc(-c2cccs2)oc1C. The van der Waals surface area contributed by atoms with Crippen molar-refractivity contribution in [3.8, 4) is 10.8 Å². The van der Waals surface area contributed by atoms with E-state index in [1.54, 1.807) is 25.1 Å². The van der Waals surface area contributed by atoms with Crippen LogP contribution >= 0.6 is 34.5 Å². The molecule has 0 spiro atoms. The summed E-state index contributed by atoms with van der Waals surface area (Å²) in [5.74, 6) is 0.550. The molecule has 0 saturated heterocycles. The van der Waals surface area contributed by atoms with Crippen molar-refractivity contribution in [2.45, 2.75) is 26.7 Å². The van der Waals surface area contributed by atoms with E-state index in [-0.39, 0.29) is 24.8 Å². The van der Waals surface area contributed by atoms with Crippen molar-refractivity contribution in [3.05, 3.63) is 57.2 Å². The van der Waals surface area contributed by atoms with Crippen LogP contribution in [0.1, 0.15) is 24.8 Å². The number of hydrogen-bond acceptors (Lipinski definition) is 5. The van der Waals surface area contributed by atoms with E-state index in [0.717, 1.165) is 11.3 Å². The number of nitrogens with one attached hydrogen (secondary N) is 1. The van der Waals surface area contributed by atoms with Gasteiger partial charge in [-0.05, 0) is 43.0 Å². The maximum atomic E-state index is 12.9. The third kappa shape index (κ3) is 5.62. The number of aromatic nitrogens is 1. The number of halogens is 2. The second kappa shape index (κ2) is 10.1. The first kappa shape index (κ1) is 22.3. The Bertz CT molecular complexity index is 1030. The minimum Gasteiger partial charge on any atom is -0.440 e. The minimum atomic E-state index is -0.350. The summed E-state index contributed by atoms with van der Waals surface area (Å²) < 4.78 is 5.71. The quantitative estimate of drug-likeness (QED) is 0.480. The van der Waals surface area contributed by atoms with Crippen molar-refractivity contribution < 1.29 is 14.0 Å². The average Bonchev–Trinajstić information content (AvgIpc) is 3.35. The molecule has 0 aliphatic carbocycles. The van der Waals surface area contributed by atoms with Crippen molar-refractivity contribution >= 4 is 52.0 Å². The number of aryl methyl sites for hydroxylation is 1. The third-order valence-electron chi connectivity index (χ3n) is 4.33. The Morgan fingerprint density at radius 3 is 2.77 bits per heavy atom. The van der Waals surface area contributed by atoms with Crippen LogP contribution in [0.2, 0.25) is 10.0 Å². The van der Waals surface area contributed by atoms with E-state index in [1.165, 1.54) is 16.2 Å². The fourth-order valence-electron chi connectivity index (χ4n) is 2.87. The van der Waals surface area contributed by atoms with Crippen LogP contribution in [0.4, 0.5) is 5.69 Å². The van der Waals surface area contributed by atoms with Crippen LogP contribution in [0, 0.1) is 6.92 Å². The number of nitrogens with zero attached hydrogens (tertiary/aromatic N) is 2. The summed E-state index contributed by atoms with van der Waals surface area (Å²) >= 11 is 13.6. The summed E-state index contributed by atoms with van der Waals surface area (Å²) in [6, 6.07) is 8.64. The van der Waals surface area contributed by atoms with Crippen molar-refractivity contribution in [1.82, 2.24) is 9.88 Å². The summed E-state index contributed by atoms with van der Waals surface area (Å²) in [6.07, 6.45) is 0.779. The van der Waals surface area contributed by atoms with Crippen LogP contribution < -0.4 is 5.32 Å². The highest BCUT2D eigenvalue weighted by Gasteiger charge is 2.21. The molecule has 3 rings (SSSR count). The first-order chi connectivity index (χ1) is 14.4. The van der Waals surface area contributed by atoms with Gasteiger partial charge in [-0.3, -0.25) is 9.59 Å². The fraction of sp³-hybridized carbons (Fsp3) is 0.286. The first-order valence-electron chi connectivity index (χ1n) is 9.40. The number of oxazole rings is 1. The van der Waals surface area contributed by atoms with Gasteiger partial charge in [0.05, 0.1) is 34.2 Å². The number of rotatable bonds is 8. The van der Waals surface area contributed by atoms with Crippen LogP contribution in [0.25, 0.3) is 10.8 Å². The van der Waals surface area contributed by atoms with Gasteiger partial charge in [-0.2, -0.15) is 0 Å². The van der Waals surface area contributed by atoms with Crippen LogP contribution in [-0.2, 0) is 16.0 Å². The normalized spacial score (nSPS) is 10.8. The van der Waals surface area contributed by atoms with Gasteiger partial charge in [-0.15, -0.1) is 11.3 Å². The van der Waals surface area contributed by atoms with Crippen LogP contribution in [0.3, 0.4) is 0 Å². The van der Waals surface area contributed by atoms with Crippen LogP contribution in [0.5, 0.6) is 0 Å². The zero-order valence-corrected chi connectivity index (χ0v) is 18.9. The van der Waals surface area contributed by atoms with E-state index in [1.807, 2.05) is 24.4 Å². The summed E-state index contributed by atoms with van der Waals surface area (Å²) in [4.78, 5) is 32.3. The van der Waals surface area contributed by atoms with Gasteiger partial charge in [-0.1, -0.05) is 36.2 Å². The molecule has 0 aliphatic heterocycles. The number of hydrogen-bond donors (Lipinski definition) is 1. The number of thiophene rings is 1. The van der Waals surface area contributed by atoms with Crippen LogP contribution in [0.15, 0.2) is 40.1 Å². The molecule has 0 bridgehead atoms. The molecule has 2 aromatic heterocycles. The van der Waals surface area contributed by atoms with Gasteiger partial charge >= 0.3 is 0 Å². The number of carbonyl (C=O) groups excluding carboxylic acids is 2. The Kier molecular flexibility index (Phi) is 7.53. The maximum Gasteiger partial charge on any atom is 0.244 e. The van der Waals surface area contributed by atoms with E-state index >= 15 is 0 Å². The molecule has 1 N–H and O–H groups in total. The van der Waals surface area contributed by atoms with Gasteiger partial charge in [-0.25, -0.2) is 4.98 Å². The Morgan fingerprint density at radius 1 is 1.27 bits per heavy atom. The fourth-order valence-corrected chi connectivity index (χ4v) is 3.86. The summed E-state index contributed by atoms with van der Waals surface area (Å²) in [7, 11) is 0. The van der Waals surface area contributed by atoms with Crippen molar-refractivity contribution in [2.24, 2.45) is 0 Å². The lowest BCUT2D eigenvalue weighted by Crippen LogP contribution is -2.39. The Balaban J connectivity index is 1.67. The summed E-state index contributed by atoms with van der Waals surface area (Å²) in [5.41, 5.74) is 0.980. The molecule has 0 radical (unpaired) electrons. The van der Waals surface area contributed by atoms with Gasteiger partial charge in [0.25, 0.3) is 0 Å². The molecule has 2 amide bonds. The topological polar surface area (TPSA) is 75.4 Å². The highest BCUT2D eigenvalue weighted by atomic mass is 35.5. The highest BCUT2D eigenvalue weighted by molar-refractivity contribution is 7.13. The monoisotopic (exact) mass is 465 g/mol. The molecule has 158 valence electrons. The molecule has 9 heteroatoms.